The number of ether oxygens (including phenoxy) is 3. The maximum Gasteiger partial charge on any atom is 0.309 e. The third-order valence-electron chi connectivity index (χ3n) is 7.83. The van der Waals surface area contributed by atoms with Gasteiger partial charge in [0.25, 0.3) is 0 Å². The van der Waals surface area contributed by atoms with Crippen molar-refractivity contribution < 1.29 is 34.3 Å². The Morgan fingerprint density at radius 3 is 2.86 bits per heavy atom. The summed E-state index contributed by atoms with van der Waals surface area (Å²) in [5.41, 5.74) is 1.90. The Kier molecular flexibility index (Phi) is 4.27. The van der Waals surface area contributed by atoms with Gasteiger partial charge in [-0.2, -0.15) is 0 Å². The molecule has 0 aromatic carbocycles. The minimum absolute atomic E-state index is 0.0749. The SMILES string of the molecule is C[C@]12OC[C@H]3OC(=O)[C@@H]4CC=C5C[C@@H](O)CC[C@]5(C)[C@H]4C/C=C(\C31)[C@H](OO)O2. The van der Waals surface area contributed by atoms with Crippen LogP contribution in [0.3, 0.4) is 0 Å². The highest BCUT2D eigenvalue weighted by molar-refractivity contribution is 5.74. The van der Waals surface area contributed by atoms with Crippen molar-refractivity contribution in [1.29, 1.82) is 0 Å². The second kappa shape index (κ2) is 6.37. The predicted octanol–water partition coefficient (Wildman–Crippen LogP) is 2.55. The lowest BCUT2D eigenvalue weighted by Gasteiger charge is -2.49. The van der Waals surface area contributed by atoms with Gasteiger partial charge in [0, 0.05) is 0 Å². The molecule has 0 radical (unpaired) electrons. The van der Waals surface area contributed by atoms with E-state index < -0.39 is 18.2 Å². The fraction of sp³-hybridized carbons (Fsp3) is 0.762. The first kappa shape index (κ1) is 18.8. The minimum Gasteiger partial charge on any atom is -0.459 e. The van der Waals surface area contributed by atoms with Crippen molar-refractivity contribution in [2.75, 3.05) is 6.61 Å². The molecule has 3 heterocycles. The quantitative estimate of drug-likeness (QED) is 0.306. The van der Waals surface area contributed by atoms with Crippen molar-refractivity contribution in [3.05, 3.63) is 23.3 Å². The van der Waals surface area contributed by atoms with E-state index in [2.05, 4.69) is 24.0 Å². The molecule has 1 unspecified atom stereocenters. The summed E-state index contributed by atoms with van der Waals surface area (Å²) in [4.78, 5) is 17.8. The number of carbonyl (C=O) groups is 1. The van der Waals surface area contributed by atoms with Gasteiger partial charge in [-0.25, -0.2) is 10.1 Å². The number of rotatable bonds is 1. The summed E-state index contributed by atoms with van der Waals surface area (Å²) in [6, 6.07) is 0. The molecule has 5 aliphatic rings. The molecule has 0 spiro atoms. The summed E-state index contributed by atoms with van der Waals surface area (Å²) in [7, 11) is 0. The molecule has 0 bridgehead atoms. The van der Waals surface area contributed by atoms with Crippen LogP contribution in [0.15, 0.2) is 23.3 Å². The second-order valence-corrected chi connectivity index (χ2v) is 9.27. The first-order chi connectivity index (χ1) is 13.4. The molecule has 7 nitrogen and oxygen atoms in total. The summed E-state index contributed by atoms with van der Waals surface area (Å²) in [5.74, 6) is -1.59. The highest BCUT2D eigenvalue weighted by Gasteiger charge is 2.61. The Bertz CT molecular complexity index is 745. The Morgan fingerprint density at radius 2 is 2.07 bits per heavy atom. The van der Waals surface area contributed by atoms with E-state index in [0.717, 1.165) is 18.4 Å². The van der Waals surface area contributed by atoms with Gasteiger partial charge < -0.3 is 19.3 Å². The summed E-state index contributed by atoms with van der Waals surface area (Å²) >= 11 is 0. The standard InChI is InChI=1S/C21H28O7/c1-20-8-7-12(22)9-11(20)3-4-13-15(20)6-5-14-17-16(26-18(13)23)10-25-21(17,2)27-19(14)28-24/h3,5,12-13,15-17,19,22,24H,4,6-10H2,1-2H3/b14-5+/t12-,13+,15-,16+,17?,19-,20-,21+/m0/s1. The number of allylic oxidation sites excluding steroid dienone is 2. The van der Waals surface area contributed by atoms with E-state index in [1.165, 1.54) is 5.57 Å². The Morgan fingerprint density at radius 1 is 1.25 bits per heavy atom. The maximum atomic E-state index is 13.2. The molecule has 0 aromatic heterocycles. The van der Waals surface area contributed by atoms with Crippen LogP contribution in [0.25, 0.3) is 0 Å². The van der Waals surface area contributed by atoms with Crippen molar-refractivity contribution in [3.63, 3.8) is 0 Å². The van der Waals surface area contributed by atoms with Crippen LogP contribution in [0.1, 0.15) is 46.0 Å². The van der Waals surface area contributed by atoms with E-state index in [1.54, 1.807) is 6.92 Å². The number of fused-ring (bicyclic) bond motifs is 3. The van der Waals surface area contributed by atoms with Crippen LogP contribution in [0, 0.1) is 23.2 Å². The van der Waals surface area contributed by atoms with Crippen molar-refractivity contribution in [2.24, 2.45) is 23.2 Å². The van der Waals surface area contributed by atoms with Gasteiger partial charge in [-0.3, -0.25) is 4.79 Å². The predicted molar refractivity (Wildman–Crippen MR) is 96.7 cm³/mol. The van der Waals surface area contributed by atoms with Crippen LogP contribution in [-0.4, -0.2) is 47.2 Å². The summed E-state index contributed by atoms with van der Waals surface area (Å²) < 4.78 is 17.5. The van der Waals surface area contributed by atoms with Crippen LogP contribution >= 0.6 is 0 Å². The van der Waals surface area contributed by atoms with Gasteiger partial charge in [-0.15, -0.1) is 0 Å². The number of aliphatic hydroxyl groups excluding tert-OH is 1. The first-order valence-corrected chi connectivity index (χ1v) is 10.3. The van der Waals surface area contributed by atoms with Gasteiger partial charge in [0.05, 0.1) is 24.5 Å². The molecule has 2 saturated heterocycles. The van der Waals surface area contributed by atoms with Gasteiger partial charge in [-0.1, -0.05) is 24.6 Å². The fourth-order valence-corrected chi connectivity index (χ4v) is 6.25. The number of hydrogen-bond acceptors (Lipinski definition) is 7. The van der Waals surface area contributed by atoms with Crippen molar-refractivity contribution in [1.82, 2.24) is 0 Å². The van der Waals surface area contributed by atoms with Crippen LogP contribution in [0.4, 0.5) is 0 Å². The lowest BCUT2D eigenvalue weighted by atomic mass is 9.56. The third kappa shape index (κ3) is 2.57. The Labute approximate surface area is 164 Å². The van der Waals surface area contributed by atoms with Crippen LogP contribution in [-0.2, 0) is 23.9 Å². The van der Waals surface area contributed by atoms with Gasteiger partial charge in [0.1, 0.15) is 6.10 Å². The normalized spacial score (nSPS) is 52.1. The number of carbonyl (C=O) groups excluding carboxylic acids is 1. The summed E-state index contributed by atoms with van der Waals surface area (Å²) in [6.07, 6.45) is 6.12. The molecule has 0 aromatic rings. The second-order valence-electron chi connectivity index (χ2n) is 9.27. The van der Waals surface area contributed by atoms with Crippen molar-refractivity contribution in [3.8, 4) is 0 Å². The maximum absolute atomic E-state index is 13.2. The number of aliphatic hydroxyl groups is 1. The molecule has 1 saturated carbocycles. The lowest BCUT2D eigenvalue weighted by molar-refractivity contribution is -0.361. The van der Waals surface area contributed by atoms with Gasteiger partial charge in [0.15, 0.2) is 5.79 Å². The number of esters is 1. The zero-order valence-electron chi connectivity index (χ0n) is 16.3. The zero-order valence-corrected chi connectivity index (χ0v) is 16.3. The molecule has 8 atom stereocenters. The van der Waals surface area contributed by atoms with Crippen LogP contribution in [0.5, 0.6) is 0 Å². The molecular weight excluding hydrogens is 364 g/mol. The van der Waals surface area contributed by atoms with Crippen molar-refractivity contribution >= 4 is 5.97 Å². The summed E-state index contributed by atoms with van der Waals surface area (Å²) in [6.45, 7) is 4.28. The molecule has 28 heavy (non-hydrogen) atoms. The monoisotopic (exact) mass is 392 g/mol. The Balaban J connectivity index is 1.55. The van der Waals surface area contributed by atoms with E-state index in [1.807, 2.05) is 0 Å². The number of hydrogen-bond donors (Lipinski definition) is 2. The minimum atomic E-state index is -0.970. The molecule has 5 rings (SSSR count). The van der Waals surface area contributed by atoms with Crippen LogP contribution in [0.2, 0.25) is 0 Å². The van der Waals surface area contributed by atoms with E-state index in [0.29, 0.717) is 19.3 Å². The molecule has 3 fully saturated rings. The lowest BCUT2D eigenvalue weighted by Crippen LogP contribution is -2.45. The molecule has 154 valence electrons. The average Bonchev–Trinajstić information content (AvgIpc) is 3.14. The zero-order chi connectivity index (χ0) is 19.7. The molecule has 2 aliphatic carbocycles. The molecular formula is C21H28O7. The summed E-state index contributed by atoms with van der Waals surface area (Å²) in [5, 5.41) is 19.5. The van der Waals surface area contributed by atoms with E-state index in [9.17, 15) is 15.2 Å². The molecule has 2 N–H and O–H groups in total. The Hall–Kier alpha value is -1.25. The average molecular weight is 392 g/mol. The van der Waals surface area contributed by atoms with Gasteiger partial charge >= 0.3 is 5.97 Å². The van der Waals surface area contributed by atoms with Gasteiger partial charge in [0.2, 0.25) is 6.29 Å². The van der Waals surface area contributed by atoms with Crippen LogP contribution < -0.4 is 0 Å². The third-order valence-corrected chi connectivity index (χ3v) is 7.83. The molecule has 7 heteroatoms. The highest BCUT2D eigenvalue weighted by atomic mass is 17.1. The molecule has 0 amide bonds. The van der Waals surface area contributed by atoms with E-state index >= 15 is 0 Å². The van der Waals surface area contributed by atoms with E-state index in [-0.39, 0.29) is 41.8 Å². The van der Waals surface area contributed by atoms with Gasteiger partial charge in [-0.05, 0) is 55.9 Å². The highest BCUT2D eigenvalue weighted by Crippen LogP contribution is 2.56. The largest absolute Gasteiger partial charge is 0.459 e. The molecule has 3 aliphatic heterocycles. The fourth-order valence-electron chi connectivity index (χ4n) is 6.25. The smallest absolute Gasteiger partial charge is 0.309 e. The van der Waals surface area contributed by atoms with E-state index in [4.69, 9.17) is 14.2 Å². The first-order valence-electron chi connectivity index (χ1n) is 10.3. The van der Waals surface area contributed by atoms with Crippen molar-refractivity contribution in [2.45, 2.75) is 70.2 Å². The topological polar surface area (TPSA) is 94.5 Å².